The minimum Gasteiger partial charge on any atom is -0.443 e. The molecule has 0 fully saturated rings. The van der Waals surface area contributed by atoms with Crippen LogP contribution in [0.15, 0.2) is 67.1 Å². The zero-order valence-electron chi connectivity index (χ0n) is 22.3. The fourth-order valence-electron chi connectivity index (χ4n) is 4.35. The summed E-state index contributed by atoms with van der Waals surface area (Å²) in [6.07, 6.45) is 1.20. The second-order valence-electron chi connectivity index (χ2n) is 10.2. The highest BCUT2D eigenvalue weighted by Gasteiger charge is 2.27. The van der Waals surface area contributed by atoms with Crippen LogP contribution in [0, 0.1) is 0 Å². The van der Waals surface area contributed by atoms with E-state index in [2.05, 4.69) is 16.8 Å². The van der Waals surface area contributed by atoms with Crippen molar-refractivity contribution < 1.29 is 23.9 Å². The lowest BCUT2D eigenvalue weighted by Gasteiger charge is -2.20. The number of aldehydes is 1. The van der Waals surface area contributed by atoms with E-state index in [1.807, 2.05) is 31.4 Å². The summed E-state index contributed by atoms with van der Waals surface area (Å²) in [5, 5.41) is 10.3. The highest BCUT2D eigenvalue weighted by atomic mass is 16.6. The van der Waals surface area contributed by atoms with Crippen LogP contribution in [0.25, 0.3) is 44.5 Å². The van der Waals surface area contributed by atoms with Crippen molar-refractivity contribution in [2.45, 2.75) is 33.3 Å². The van der Waals surface area contributed by atoms with E-state index in [9.17, 15) is 14.4 Å². The van der Waals surface area contributed by atoms with Crippen molar-refractivity contribution in [3.05, 3.63) is 72.6 Å². The number of allylic oxidation sites excluding steroid dienone is 1. The number of ether oxygens (including phenoxy) is 2. The molecular weight excluding hydrogens is 498 g/mol. The molecule has 10 nitrogen and oxygen atoms in total. The zero-order chi connectivity index (χ0) is 28.1. The SMILES string of the molecule is C=C(C)OC(=O)n1nc(-c2cc3cc(C=O)ccc3n2C(=O)OC(C)(C)C)c2cc(-c3ccn(C)n3)ccc21. The Hall–Kier alpha value is -4.99. The van der Waals surface area contributed by atoms with Crippen LogP contribution in [0.1, 0.15) is 38.1 Å². The van der Waals surface area contributed by atoms with E-state index in [1.54, 1.807) is 62.7 Å². The molecule has 3 heterocycles. The van der Waals surface area contributed by atoms with Crippen LogP contribution >= 0.6 is 0 Å². The molecule has 10 heteroatoms. The molecule has 0 saturated heterocycles. The minimum absolute atomic E-state index is 0.208. The molecule has 5 rings (SSSR count). The van der Waals surface area contributed by atoms with Crippen LogP contribution in [-0.4, -0.2) is 48.2 Å². The highest BCUT2D eigenvalue weighted by molar-refractivity contribution is 6.04. The van der Waals surface area contributed by atoms with Gasteiger partial charge in [0.15, 0.2) is 0 Å². The molecule has 39 heavy (non-hydrogen) atoms. The number of aromatic nitrogens is 5. The average Bonchev–Trinajstić information content (AvgIpc) is 3.56. The fraction of sp³-hybridized carbons (Fsp3) is 0.207. The molecule has 0 bridgehead atoms. The van der Waals surface area contributed by atoms with Gasteiger partial charge in [-0.05, 0) is 70.2 Å². The Morgan fingerprint density at radius 1 is 0.974 bits per heavy atom. The first-order valence-electron chi connectivity index (χ1n) is 12.2. The molecular formula is C29H27N5O5. The van der Waals surface area contributed by atoms with Crippen LogP contribution < -0.4 is 0 Å². The van der Waals surface area contributed by atoms with Crippen LogP contribution in [0.5, 0.6) is 0 Å². The van der Waals surface area contributed by atoms with E-state index in [4.69, 9.17) is 9.47 Å². The van der Waals surface area contributed by atoms with E-state index in [0.717, 1.165) is 22.2 Å². The third-order valence-corrected chi connectivity index (χ3v) is 5.90. The van der Waals surface area contributed by atoms with Gasteiger partial charge in [-0.3, -0.25) is 9.48 Å². The second kappa shape index (κ2) is 9.39. The molecule has 3 aromatic heterocycles. The van der Waals surface area contributed by atoms with Crippen LogP contribution in [0.2, 0.25) is 0 Å². The maximum Gasteiger partial charge on any atom is 0.440 e. The lowest BCUT2D eigenvalue weighted by molar-refractivity contribution is 0.0547. The van der Waals surface area contributed by atoms with E-state index >= 15 is 0 Å². The summed E-state index contributed by atoms with van der Waals surface area (Å²) in [6, 6.07) is 14.1. The zero-order valence-corrected chi connectivity index (χ0v) is 22.3. The molecule has 2 aromatic carbocycles. The summed E-state index contributed by atoms with van der Waals surface area (Å²) in [7, 11) is 1.83. The number of hydrogen-bond acceptors (Lipinski definition) is 7. The van der Waals surface area contributed by atoms with Gasteiger partial charge in [0.1, 0.15) is 17.6 Å². The molecule has 0 aliphatic heterocycles. The summed E-state index contributed by atoms with van der Waals surface area (Å²) in [5.74, 6) is 0.208. The first-order chi connectivity index (χ1) is 18.4. The van der Waals surface area contributed by atoms with Crippen molar-refractivity contribution in [3.63, 3.8) is 0 Å². The van der Waals surface area contributed by atoms with E-state index < -0.39 is 17.8 Å². The van der Waals surface area contributed by atoms with Gasteiger partial charge in [-0.2, -0.15) is 14.9 Å². The van der Waals surface area contributed by atoms with Crippen LogP contribution in [-0.2, 0) is 16.5 Å². The van der Waals surface area contributed by atoms with Crippen molar-refractivity contribution in [2.24, 2.45) is 7.05 Å². The molecule has 0 radical (unpaired) electrons. The topological polar surface area (TPSA) is 110 Å². The maximum absolute atomic E-state index is 13.5. The third kappa shape index (κ3) is 4.84. The van der Waals surface area contributed by atoms with Gasteiger partial charge in [0.2, 0.25) is 0 Å². The Kier molecular flexibility index (Phi) is 6.18. The number of carbonyl (C=O) groups excluding carboxylic acids is 3. The van der Waals surface area contributed by atoms with Crippen molar-refractivity contribution in [1.29, 1.82) is 0 Å². The van der Waals surface area contributed by atoms with E-state index in [-0.39, 0.29) is 5.76 Å². The normalized spacial score (nSPS) is 11.6. The molecule has 0 unspecified atom stereocenters. The fourth-order valence-corrected chi connectivity index (χ4v) is 4.35. The molecule has 0 saturated carbocycles. The van der Waals surface area contributed by atoms with Gasteiger partial charge in [-0.1, -0.05) is 12.6 Å². The standard InChI is InChI=1S/C29H27N5O5/c1-17(2)38-28(37)34-24-10-8-19(22-11-12-32(6)30-22)14-21(24)26(31-34)25-15-20-13-18(16-35)7-9-23(20)33(25)27(36)39-29(3,4)5/h7-16H,1H2,2-6H3. The van der Waals surface area contributed by atoms with Gasteiger partial charge in [-0.15, -0.1) is 0 Å². The van der Waals surface area contributed by atoms with Crippen LogP contribution in [0.3, 0.4) is 0 Å². The summed E-state index contributed by atoms with van der Waals surface area (Å²) >= 11 is 0. The predicted octanol–water partition coefficient (Wildman–Crippen LogP) is 6.17. The van der Waals surface area contributed by atoms with E-state index in [0.29, 0.717) is 38.8 Å². The van der Waals surface area contributed by atoms with E-state index in [1.165, 1.54) is 4.57 Å². The predicted molar refractivity (Wildman–Crippen MR) is 147 cm³/mol. The lowest BCUT2D eigenvalue weighted by atomic mass is 10.1. The number of hydrogen-bond donors (Lipinski definition) is 0. The molecule has 0 aliphatic rings. The number of rotatable bonds is 4. The van der Waals surface area contributed by atoms with Gasteiger partial charge in [0.05, 0.1) is 28.2 Å². The Labute approximate surface area is 224 Å². The first-order valence-corrected chi connectivity index (χ1v) is 12.2. The molecule has 5 aromatic rings. The molecule has 0 atom stereocenters. The maximum atomic E-state index is 13.5. The molecule has 0 amide bonds. The highest BCUT2D eigenvalue weighted by Crippen LogP contribution is 2.36. The average molecular weight is 526 g/mol. The number of fused-ring (bicyclic) bond motifs is 2. The van der Waals surface area contributed by atoms with Crippen molar-refractivity contribution in [2.75, 3.05) is 0 Å². The molecule has 0 aliphatic carbocycles. The summed E-state index contributed by atoms with van der Waals surface area (Å²) in [5.41, 5.74) is 2.92. The number of aryl methyl sites for hydroxylation is 1. The van der Waals surface area contributed by atoms with Crippen molar-refractivity contribution in [1.82, 2.24) is 24.1 Å². The van der Waals surface area contributed by atoms with Crippen molar-refractivity contribution >= 4 is 40.3 Å². The van der Waals surface area contributed by atoms with Crippen molar-refractivity contribution in [3.8, 4) is 22.6 Å². The Morgan fingerprint density at radius 3 is 2.36 bits per heavy atom. The molecule has 0 spiro atoms. The summed E-state index contributed by atoms with van der Waals surface area (Å²) < 4.78 is 15.2. The molecule has 198 valence electrons. The Balaban J connectivity index is 1.82. The first kappa shape index (κ1) is 25.7. The van der Waals surface area contributed by atoms with Gasteiger partial charge >= 0.3 is 12.2 Å². The Bertz CT molecular complexity index is 1800. The Morgan fingerprint density at radius 2 is 1.72 bits per heavy atom. The number of nitrogens with zero attached hydrogens (tertiary/aromatic N) is 5. The third-order valence-electron chi connectivity index (χ3n) is 5.90. The van der Waals surface area contributed by atoms with Gasteiger partial charge in [0, 0.05) is 35.1 Å². The van der Waals surface area contributed by atoms with Gasteiger partial charge in [-0.25, -0.2) is 14.2 Å². The van der Waals surface area contributed by atoms with Gasteiger partial charge < -0.3 is 9.47 Å². The smallest absolute Gasteiger partial charge is 0.440 e. The summed E-state index contributed by atoms with van der Waals surface area (Å²) in [6.45, 7) is 10.5. The number of carbonyl (C=O) groups is 3. The number of benzene rings is 2. The molecule has 0 N–H and O–H groups in total. The largest absolute Gasteiger partial charge is 0.443 e. The quantitative estimate of drug-likeness (QED) is 0.204. The summed E-state index contributed by atoms with van der Waals surface area (Å²) in [4.78, 5) is 38.0. The van der Waals surface area contributed by atoms with Crippen LogP contribution in [0.4, 0.5) is 9.59 Å². The van der Waals surface area contributed by atoms with Gasteiger partial charge in [0.25, 0.3) is 0 Å². The monoisotopic (exact) mass is 525 g/mol. The lowest BCUT2D eigenvalue weighted by Crippen LogP contribution is -2.27. The second-order valence-corrected chi connectivity index (χ2v) is 10.2. The minimum atomic E-state index is -0.771.